The maximum Gasteiger partial charge on any atom is 0.192 e. The third-order valence-electron chi connectivity index (χ3n) is 3.64. The molecule has 2 N–H and O–H groups in total. The number of nitrogens with two attached hydrogens (primary N) is 1. The van der Waals surface area contributed by atoms with Crippen molar-refractivity contribution in [3.8, 4) is 0 Å². The average Bonchev–Trinajstić information content (AvgIpc) is 2.96. The summed E-state index contributed by atoms with van der Waals surface area (Å²) in [6.45, 7) is 5.45. The highest BCUT2D eigenvalue weighted by molar-refractivity contribution is 5.81. The molecule has 0 bridgehead atoms. The molecule has 86 valence electrons. The molecule has 0 radical (unpaired) electrons. The van der Waals surface area contributed by atoms with Gasteiger partial charge in [0.05, 0.1) is 12.1 Å². The molecule has 2 rings (SSSR count). The Hall–Kier alpha value is -0.730. The van der Waals surface area contributed by atoms with Gasteiger partial charge in [0.15, 0.2) is 5.96 Å². The van der Waals surface area contributed by atoms with Gasteiger partial charge >= 0.3 is 0 Å². The SMILES string of the molecule is CCCC1(CCC)CN=C(N)N1C1CC1. The molecule has 3 nitrogen and oxygen atoms in total. The first-order valence-corrected chi connectivity index (χ1v) is 6.33. The third kappa shape index (κ3) is 1.84. The van der Waals surface area contributed by atoms with E-state index in [0.717, 1.165) is 12.5 Å². The van der Waals surface area contributed by atoms with E-state index in [1.165, 1.54) is 38.5 Å². The van der Waals surface area contributed by atoms with E-state index in [2.05, 4.69) is 23.7 Å². The molecule has 1 heterocycles. The van der Waals surface area contributed by atoms with Gasteiger partial charge in [-0.2, -0.15) is 0 Å². The number of rotatable bonds is 5. The maximum absolute atomic E-state index is 6.03. The summed E-state index contributed by atoms with van der Waals surface area (Å²) in [7, 11) is 0. The fraction of sp³-hybridized carbons (Fsp3) is 0.917. The van der Waals surface area contributed by atoms with Crippen LogP contribution in [0.25, 0.3) is 0 Å². The summed E-state index contributed by atoms with van der Waals surface area (Å²) >= 11 is 0. The Kier molecular flexibility index (Phi) is 2.89. The summed E-state index contributed by atoms with van der Waals surface area (Å²) in [5.74, 6) is 0.805. The molecular weight excluding hydrogens is 186 g/mol. The molecule has 1 fully saturated rings. The van der Waals surface area contributed by atoms with Gasteiger partial charge in [0, 0.05) is 6.04 Å². The molecule has 3 heteroatoms. The molecule has 1 aliphatic heterocycles. The summed E-state index contributed by atoms with van der Waals surface area (Å²) in [5, 5.41) is 0. The van der Waals surface area contributed by atoms with Crippen LogP contribution >= 0.6 is 0 Å². The zero-order valence-electron chi connectivity index (χ0n) is 10.00. The van der Waals surface area contributed by atoms with Crippen molar-refractivity contribution >= 4 is 5.96 Å². The zero-order chi connectivity index (χ0) is 10.9. The van der Waals surface area contributed by atoms with Crippen molar-refractivity contribution in [2.75, 3.05) is 6.54 Å². The van der Waals surface area contributed by atoms with Crippen molar-refractivity contribution in [2.24, 2.45) is 10.7 Å². The van der Waals surface area contributed by atoms with Gasteiger partial charge in [-0.3, -0.25) is 4.99 Å². The highest BCUT2D eigenvalue weighted by Crippen LogP contribution is 2.40. The summed E-state index contributed by atoms with van der Waals surface area (Å²) in [6.07, 6.45) is 7.55. The molecule has 1 aliphatic carbocycles. The van der Waals surface area contributed by atoms with E-state index in [-0.39, 0.29) is 5.54 Å². The van der Waals surface area contributed by atoms with Gasteiger partial charge in [-0.15, -0.1) is 0 Å². The lowest BCUT2D eigenvalue weighted by atomic mass is 9.87. The molecule has 0 aromatic heterocycles. The number of aliphatic imine (C=N–C) groups is 1. The maximum atomic E-state index is 6.03. The van der Waals surface area contributed by atoms with Crippen LogP contribution in [0.3, 0.4) is 0 Å². The van der Waals surface area contributed by atoms with Gasteiger partial charge in [0.25, 0.3) is 0 Å². The van der Waals surface area contributed by atoms with Crippen molar-refractivity contribution in [3.05, 3.63) is 0 Å². The Bertz CT molecular complexity index is 250. The standard InChI is InChI=1S/C12H23N3/c1-3-7-12(8-4-2)9-14-11(13)15(12)10-5-6-10/h10H,3-9H2,1-2H3,(H2,13,14). The first kappa shape index (κ1) is 10.8. The van der Waals surface area contributed by atoms with Crippen LogP contribution in [-0.4, -0.2) is 29.0 Å². The molecule has 0 saturated heterocycles. The number of hydrogen-bond donors (Lipinski definition) is 1. The van der Waals surface area contributed by atoms with Crippen LogP contribution in [0.2, 0.25) is 0 Å². The van der Waals surface area contributed by atoms with E-state index in [4.69, 9.17) is 5.73 Å². The minimum Gasteiger partial charge on any atom is -0.370 e. The molecule has 2 aliphatic rings. The summed E-state index contributed by atoms with van der Waals surface area (Å²) < 4.78 is 0. The molecule has 0 aromatic carbocycles. The Morgan fingerprint density at radius 2 is 1.93 bits per heavy atom. The van der Waals surface area contributed by atoms with Gasteiger partial charge in [-0.25, -0.2) is 0 Å². The number of guanidine groups is 1. The average molecular weight is 209 g/mol. The Morgan fingerprint density at radius 3 is 2.40 bits per heavy atom. The lowest BCUT2D eigenvalue weighted by Crippen LogP contribution is -2.52. The van der Waals surface area contributed by atoms with Crippen molar-refractivity contribution in [2.45, 2.75) is 64.0 Å². The molecule has 0 unspecified atom stereocenters. The quantitative estimate of drug-likeness (QED) is 0.753. The smallest absolute Gasteiger partial charge is 0.192 e. The normalized spacial score (nSPS) is 24.4. The van der Waals surface area contributed by atoms with Crippen molar-refractivity contribution in [1.82, 2.24) is 4.90 Å². The van der Waals surface area contributed by atoms with Crippen LogP contribution in [-0.2, 0) is 0 Å². The van der Waals surface area contributed by atoms with E-state index in [0.29, 0.717) is 6.04 Å². The van der Waals surface area contributed by atoms with E-state index >= 15 is 0 Å². The van der Waals surface area contributed by atoms with Crippen LogP contribution < -0.4 is 5.73 Å². The zero-order valence-corrected chi connectivity index (χ0v) is 10.00. The van der Waals surface area contributed by atoms with E-state index in [1.54, 1.807) is 0 Å². The minimum atomic E-state index is 0.273. The molecule has 15 heavy (non-hydrogen) atoms. The second-order valence-electron chi connectivity index (χ2n) is 5.00. The summed E-state index contributed by atoms with van der Waals surface area (Å²) in [6, 6.07) is 0.703. The summed E-state index contributed by atoms with van der Waals surface area (Å²) in [4.78, 5) is 6.93. The third-order valence-corrected chi connectivity index (χ3v) is 3.64. The molecule has 1 saturated carbocycles. The first-order chi connectivity index (χ1) is 7.23. The van der Waals surface area contributed by atoms with Crippen LogP contribution in [0, 0.1) is 0 Å². The highest BCUT2D eigenvalue weighted by atomic mass is 15.4. The van der Waals surface area contributed by atoms with Crippen molar-refractivity contribution in [1.29, 1.82) is 0 Å². The fourth-order valence-electron chi connectivity index (χ4n) is 2.99. The van der Waals surface area contributed by atoms with E-state index in [1.807, 2.05) is 0 Å². The molecule has 0 aromatic rings. The van der Waals surface area contributed by atoms with Crippen molar-refractivity contribution < 1.29 is 0 Å². The summed E-state index contributed by atoms with van der Waals surface area (Å²) in [5.41, 5.74) is 6.30. The lowest BCUT2D eigenvalue weighted by molar-refractivity contribution is 0.162. The second-order valence-corrected chi connectivity index (χ2v) is 5.00. The monoisotopic (exact) mass is 209 g/mol. The predicted octanol–water partition coefficient (Wildman–Crippen LogP) is 2.12. The number of nitrogens with zero attached hydrogens (tertiary/aromatic N) is 2. The van der Waals surface area contributed by atoms with Gasteiger partial charge in [0.2, 0.25) is 0 Å². The first-order valence-electron chi connectivity index (χ1n) is 6.33. The largest absolute Gasteiger partial charge is 0.370 e. The Morgan fingerprint density at radius 1 is 1.33 bits per heavy atom. The van der Waals surface area contributed by atoms with Crippen LogP contribution in [0.5, 0.6) is 0 Å². The van der Waals surface area contributed by atoms with E-state index < -0.39 is 0 Å². The molecule has 0 spiro atoms. The highest BCUT2D eigenvalue weighted by Gasteiger charge is 2.47. The second kappa shape index (κ2) is 4.03. The fourth-order valence-corrected chi connectivity index (χ4v) is 2.99. The van der Waals surface area contributed by atoms with Crippen LogP contribution in [0.4, 0.5) is 0 Å². The Labute approximate surface area is 92.7 Å². The lowest BCUT2D eigenvalue weighted by Gasteiger charge is -2.39. The minimum absolute atomic E-state index is 0.273. The van der Waals surface area contributed by atoms with Crippen LogP contribution in [0.15, 0.2) is 4.99 Å². The van der Waals surface area contributed by atoms with Crippen LogP contribution in [0.1, 0.15) is 52.4 Å². The topological polar surface area (TPSA) is 41.6 Å². The molecule has 0 atom stereocenters. The van der Waals surface area contributed by atoms with Gasteiger partial charge in [-0.1, -0.05) is 26.7 Å². The van der Waals surface area contributed by atoms with E-state index in [9.17, 15) is 0 Å². The molecule has 0 amide bonds. The van der Waals surface area contributed by atoms with Crippen molar-refractivity contribution in [3.63, 3.8) is 0 Å². The predicted molar refractivity (Wildman–Crippen MR) is 63.9 cm³/mol. The van der Waals surface area contributed by atoms with Gasteiger partial charge in [-0.05, 0) is 25.7 Å². The van der Waals surface area contributed by atoms with Gasteiger partial charge < -0.3 is 10.6 Å². The van der Waals surface area contributed by atoms with Gasteiger partial charge in [0.1, 0.15) is 0 Å². The number of hydrogen-bond acceptors (Lipinski definition) is 3. The Balaban J connectivity index is 2.15. The molecular formula is C12H23N3.